The van der Waals surface area contributed by atoms with E-state index < -0.39 is 11.9 Å². The number of para-hydroxylation sites is 2. The summed E-state index contributed by atoms with van der Waals surface area (Å²) in [5.74, 6) is -1.17. The van der Waals surface area contributed by atoms with Gasteiger partial charge >= 0.3 is 12.0 Å². The number of benzene rings is 4. The average molecular weight is 686 g/mol. The molecule has 0 aliphatic heterocycles. The predicted octanol–water partition coefficient (Wildman–Crippen LogP) is 10.8. The first-order valence-corrected chi connectivity index (χ1v) is 17.5. The number of hydrogen-bond donors (Lipinski definition) is 3. The van der Waals surface area contributed by atoms with Gasteiger partial charge in [-0.25, -0.2) is 4.79 Å². The largest absolute Gasteiger partial charge is 0.506 e. The van der Waals surface area contributed by atoms with E-state index in [1.165, 1.54) is 63.1 Å². The second-order valence-corrected chi connectivity index (χ2v) is 12.7. The van der Waals surface area contributed by atoms with E-state index >= 15 is 0 Å². The Morgan fingerprint density at radius 2 is 1.61 bits per heavy atom. The monoisotopic (exact) mass is 685 g/mol. The molecule has 0 unspecified atom stereocenters. The van der Waals surface area contributed by atoms with E-state index in [4.69, 9.17) is 25.5 Å². The van der Waals surface area contributed by atoms with E-state index in [1.54, 1.807) is 31.3 Å². The summed E-state index contributed by atoms with van der Waals surface area (Å²) in [6.07, 6.45) is 11.9. The number of nitrogens with zero attached hydrogens (tertiary/aromatic N) is 1. The van der Waals surface area contributed by atoms with Crippen molar-refractivity contribution in [2.45, 2.75) is 78.1 Å². The van der Waals surface area contributed by atoms with Gasteiger partial charge in [-0.2, -0.15) is 4.98 Å². The van der Waals surface area contributed by atoms with Crippen molar-refractivity contribution in [1.29, 1.82) is 0 Å². The molecule has 1 aromatic heterocycles. The maximum absolute atomic E-state index is 13.7. The molecule has 3 N–H and O–H groups in total. The van der Waals surface area contributed by atoms with Crippen LogP contribution in [0.25, 0.3) is 21.9 Å². The van der Waals surface area contributed by atoms with E-state index in [0.717, 1.165) is 24.8 Å². The first kappa shape index (κ1) is 35.5. The SMILES string of the molecule is CCCCCCCCCCCCOC(=O)c1ccc(Cl)c(NC(=O)c2cc(Oc3nc4ccccc4o3)c3c(NC)cc(C)cc3c2O)c1. The van der Waals surface area contributed by atoms with Crippen LogP contribution in [-0.2, 0) is 4.74 Å². The molecular weight excluding hydrogens is 642 g/mol. The zero-order valence-corrected chi connectivity index (χ0v) is 29.1. The van der Waals surface area contributed by atoms with Crippen molar-refractivity contribution in [2.24, 2.45) is 0 Å². The highest BCUT2D eigenvalue weighted by Gasteiger charge is 2.23. The predicted molar refractivity (Wildman–Crippen MR) is 196 cm³/mol. The minimum Gasteiger partial charge on any atom is -0.506 e. The first-order chi connectivity index (χ1) is 23.8. The Bertz CT molecular complexity index is 1890. The number of phenolic OH excluding ortho intramolecular Hbond substituents is 1. The highest BCUT2D eigenvalue weighted by atomic mass is 35.5. The van der Waals surface area contributed by atoms with Crippen LogP contribution in [-0.4, -0.2) is 35.6 Å². The molecule has 4 aromatic carbocycles. The van der Waals surface area contributed by atoms with Crippen LogP contribution in [0.3, 0.4) is 0 Å². The third kappa shape index (κ3) is 9.03. The molecule has 49 heavy (non-hydrogen) atoms. The molecule has 5 aromatic rings. The van der Waals surface area contributed by atoms with Gasteiger partial charge in [0.15, 0.2) is 5.58 Å². The molecule has 0 saturated heterocycles. The molecule has 0 radical (unpaired) electrons. The molecule has 0 bridgehead atoms. The molecule has 0 spiro atoms. The number of aromatic nitrogens is 1. The summed E-state index contributed by atoms with van der Waals surface area (Å²) < 4.78 is 17.4. The minimum atomic E-state index is -0.660. The third-order valence-electron chi connectivity index (χ3n) is 8.48. The maximum Gasteiger partial charge on any atom is 0.400 e. The molecule has 1 amide bonds. The Morgan fingerprint density at radius 1 is 0.898 bits per heavy atom. The normalized spacial score (nSPS) is 11.2. The second kappa shape index (κ2) is 17.1. The number of aryl methyl sites for hydroxylation is 1. The molecule has 0 atom stereocenters. The van der Waals surface area contributed by atoms with Crippen LogP contribution in [0.15, 0.2) is 65.1 Å². The van der Waals surface area contributed by atoms with Gasteiger partial charge in [-0.1, -0.05) is 88.4 Å². The van der Waals surface area contributed by atoms with Gasteiger partial charge in [0.2, 0.25) is 0 Å². The summed E-state index contributed by atoms with van der Waals surface area (Å²) in [5, 5.41) is 18.4. The summed E-state index contributed by atoms with van der Waals surface area (Å²) in [6, 6.07) is 16.9. The van der Waals surface area contributed by atoms with Crippen LogP contribution in [0.4, 0.5) is 11.4 Å². The number of ether oxygens (including phenoxy) is 2. The number of carbonyl (C=O) groups is 2. The number of phenols is 1. The summed E-state index contributed by atoms with van der Waals surface area (Å²) in [7, 11) is 1.76. The summed E-state index contributed by atoms with van der Waals surface area (Å²) in [6.45, 7) is 4.43. The fraction of sp³-hybridized carbons (Fsp3) is 0.359. The third-order valence-corrected chi connectivity index (χ3v) is 8.81. The van der Waals surface area contributed by atoms with Gasteiger partial charge in [0, 0.05) is 18.1 Å². The Kier molecular flexibility index (Phi) is 12.4. The average Bonchev–Trinajstić information content (AvgIpc) is 3.51. The van der Waals surface area contributed by atoms with Crippen molar-refractivity contribution in [3.05, 3.63) is 82.4 Å². The molecule has 0 aliphatic carbocycles. The zero-order chi connectivity index (χ0) is 34.8. The van der Waals surface area contributed by atoms with Crippen LogP contribution in [0.5, 0.6) is 17.6 Å². The van der Waals surface area contributed by atoms with Crippen molar-refractivity contribution in [2.75, 3.05) is 24.3 Å². The Hall–Kier alpha value is -4.76. The molecule has 9 nitrogen and oxygen atoms in total. The standard InChI is InChI=1S/C39H44ClN3O6/c1-4-5-6-7-8-9-10-11-12-15-20-47-38(46)26-18-19-29(40)31(23-26)42-37(45)28-24-34(49-39-43-30-16-13-14-17-33(30)48-39)35-27(36(28)44)21-25(2)22-32(35)41-3/h13-14,16-19,21-24,41,44H,4-12,15,20H2,1-3H3,(H,42,45). The summed E-state index contributed by atoms with van der Waals surface area (Å²) in [4.78, 5) is 31.0. The lowest BCUT2D eigenvalue weighted by molar-refractivity contribution is 0.0497. The number of unbranched alkanes of at least 4 members (excludes halogenated alkanes) is 9. The number of amides is 1. The number of oxazole rings is 1. The molecule has 0 aliphatic rings. The van der Waals surface area contributed by atoms with Crippen molar-refractivity contribution in [1.82, 2.24) is 4.98 Å². The lowest BCUT2D eigenvalue weighted by atomic mass is 9.99. The number of anilines is 2. The molecule has 0 fully saturated rings. The number of esters is 1. The number of nitrogens with one attached hydrogen (secondary N) is 2. The van der Waals surface area contributed by atoms with Crippen molar-refractivity contribution in [3.8, 4) is 17.6 Å². The van der Waals surface area contributed by atoms with E-state index in [2.05, 4.69) is 22.5 Å². The smallest absolute Gasteiger partial charge is 0.400 e. The van der Waals surface area contributed by atoms with Crippen LogP contribution in [0, 0.1) is 6.92 Å². The van der Waals surface area contributed by atoms with Gasteiger partial charge in [0.05, 0.1) is 33.8 Å². The van der Waals surface area contributed by atoms with Crippen molar-refractivity contribution >= 4 is 56.7 Å². The number of hydrogen-bond acceptors (Lipinski definition) is 8. The Morgan fingerprint density at radius 3 is 2.33 bits per heavy atom. The van der Waals surface area contributed by atoms with Crippen LogP contribution < -0.4 is 15.4 Å². The van der Waals surface area contributed by atoms with Gasteiger partial charge in [-0.15, -0.1) is 0 Å². The number of fused-ring (bicyclic) bond motifs is 2. The van der Waals surface area contributed by atoms with Gasteiger partial charge in [-0.05, 0) is 67.4 Å². The molecule has 1 heterocycles. The van der Waals surface area contributed by atoms with Gasteiger partial charge in [-0.3, -0.25) is 4.79 Å². The van der Waals surface area contributed by atoms with Crippen LogP contribution in [0.2, 0.25) is 5.02 Å². The lowest BCUT2D eigenvalue weighted by Gasteiger charge is -2.16. The summed E-state index contributed by atoms with van der Waals surface area (Å²) >= 11 is 6.44. The molecule has 0 saturated carbocycles. The lowest BCUT2D eigenvalue weighted by Crippen LogP contribution is -2.14. The highest BCUT2D eigenvalue weighted by molar-refractivity contribution is 6.34. The maximum atomic E-state index is 13.7. The Labute approximate surface area is 292 Å². The second-order valence-electron chi connectivity index (χ2n) is 12.3. The number of rotatable bonds is 17. The molecular formula is C39H44ClN3O6. The first-order valence-electron chi connectivity index (χ1n) is 17.1. The fourth-order valence-corrected chi connectivity index (χ4v) is 6.04. The highest BCUT2D eigenvalue weighted by Crippen LogP contribution is 2.43. The molecule has 258 valence electrons. The van der Waals surface area contributed by atoms with E-state index in [-0.39, 0.29) is 39.4 Å². The molecule has 10 heteroatoms. The van der Waals surface area contributed by atoms with Crippen molar-refractivity contribution < 1.29 is 28.6 Å². The van der Waals surface area contributed by atoms with E-state index in [9.17, 15) is 14.7 Å². The molecule has 5 rings (SSSR count). The minimum absolute atomic E-state index is 0.0192. The van der Waals surface area contributed by atoms with Gasteiger partial charge < -0.3 is 29.6 Å². The zero-order valence-electron chi connectivity index (χ0n) is 28.4. The Balaban J connectivity index is 1.28. The topological polar surface area (TPSA) is 123 Å². The van der Waals surface area contributed by atoms with Crippen molar-refractivity contribution in [3.63, 3.8) is 0 Å². The summed E-state index contributed by atoms with van der Waals surface area (Å²) in [5.41, 5.74) is 3.06. The van der Waals surface area contributed by atoms with Gasteiger partial charge in [0.1, 0.15) is 17.0 Å². The number of halogens is 1. The van der Waals surface area contributed by atoms with Gasteiger partial charge in [0.25, 0.3) is 5.91 Å². The van der Waals surface area contributed by atoms with Crippen LogP contribution >= 0.6 is 11.6 Å². The fourth-order valence-electron chi connectivity index (χ4n) is 5.87. The van der Waals surface area contributed by atoms with E-state index in [1.807, 2.05) is 25.1 Å². The quantitative estimate of drug-likeness (QED) is 0.0652. The van der Waals surface area contributed by atoms with Crippen LogP contribution in [0.1, 0.15) is 97.4 Å². The number of aromatic hydroxyl groups is 1. The van der Waals surface area contributed by atoms with E-state index in [0.29, 0.717) is 34.2 Å². The number of carbonyl (C=O) groups excluding carboxylic acids is 2.